The fourth-order valence-corrected chi connectivity index (χ4v) is 3.64. The highest BCUT2D eigenvalue weighted by atomic mass is 19.1. The van der Waals surface area contributed by atoms with E-state index in [1.54, 1.807) is 12.3 Å². The lowest BCUT2D eigenvalue weighted by molar-refractivity contribution is 0.145. The molecule has 2 aromatic rings. The van der Waals surface area contributed by atoms with Crippen molar-refractivity contribution in [3.8, 4) is 0 Å². The van der Waals surface area contributed by atoms with Crippen LogP contribution in [0.1, 0.15) is 16.8 Å². The Morgan fingerprint density at radius 1 is 1.34 bits per heavy atom. The third-order valence-corrected chi connectivity index (χ3v) is 5.02. The summed E-state index contributed by atoms with van der Waals surface area (Å²) in [5.74, 6) is 4.62. The number of amides is 1. The zero-order chi connectivity index (χ0) is 20.4. The number of hydrazone groups is 1. The van der Waals surface area contributed by atoms with Gasteiger partial charge in [-0.3, -0.25) is 14.9 Å². The van der Waals surface area contributed by atoms with E-state index in [9.17, 15) is 9.18 Å². The molecule has 0 bridgehead atoms. The van der Waals surface area contributed by atoms with Crippen molar-refractivity contribution >= 4 is 29.9 Å². The molecule has 1 aromatic carbocycles. The van der Waals surface area contributed by atoms with Gasteiger partial charge in [-0.05, 0) is 30.2 Å². The molecule has 2 aliphatic rings. The standard InChI is InChI=1S/C20H21FN6O2/c1-13-7-19(26-10-14-3-2-4-24-17(14)12-26)16(21)8-18(13)27-11-15(29-20(27)28)9-23-5-6-25-22/h2-8,15H,9-12,22H2,1H3/b23-5?,25-6-/t15-/m0/s1. The molecule has 2 N–H and O–H groups in total. The van der Waals surface area contributed by atoms with Gasteiger partial charge < -0.3 is 15.5 Å². The summed E-state index contributed by atoms with van der Waals surface area (Å²) in [6.45, 7) is 3.61. The highest BCUT2D eigenvalue weighted by Gasteiger charge is 2.34. The van der Waals surface area contributed by atoms with Crippen molar-refractivity contribution < 1.29 is 13.9 Å². The van der Waals surface area contributed by atoms with Gasteiger partial charge in [-0.2, -0.15) is 5.10 Å². The molecule has 1 atom stereocenters. The highest BCUT2D eigenvalue weighted by molar-refractivity contribution is 6.15. The average Bonchev–Trinajstić information content (AvgIpc) is 3.30. The second kappa shape index (κ2) is 7.86. The monoisotopic (exact) mass is 396 g/mol. The predicted octanol–water partition coefficient (Wildman–Crippen LogP) is 2.39. The molecule has 9 heteroatoms. The molecule has 1 aromatic heterocycles. The van der Waals surface area contributed by atoms with E-state index in [-0.39, 0.29) is 12.4 Å². The molecule has 4 rings (SSSR count). The number of rotatable bonds is 5. The van der Waals surface area contributed by atoms with E-state index in [1.165, 1.54) is 23.4 Å². The van der Waals surface area contributed by atoms with Crippen LogP contribution in [0.15, 0.2) is 40.6 Å². The molecular weight excluding hydrogens is 375 g/mol. The van der Waals surface area contributed by atoms with Gasteiger partial charge in [0.15, 0.2) is 0 Å². The second-order valence-corrected chi connectivity index (χ2v) is 6.98. The number of ether oxygens (including phenoxy) is 1. The van der Waals surface area contributed by atoms with Crippen molar-refractivity contribution in [2.24, 2.45) is 15.9 Å². The maximum absolute atomic E-state index is 15.0. The SMILES string of the molecule is Cc1cc(N2Cc3cccnc3C2)c(F)cc1N1C[C@H](CN=C/C=N\N)OC1=O. The van der Waals surface area contributed by atoms with Crippen molar-refractivity contribution in [3.63, 3.8) is 0 Å². The van der Waals surface area contributed by atoms with Gasteiger partial charge in [0.05, 0.1) is 42.9 Å². The van der Waals surface area contributed by atoms with Crippen molar-refractivity contribution in [1.82, 2.24) is 4.98 Å². The van der Waals surface area contributed by atoms with Gasteiger partial charge >= 0.3 is 6.09 Å². The summed E-state index contributed by atoms with van der Waals surface area (Å²) in [5, 5.41) is 3.31. The summed E-state index contributed by atoms with van der Waals surface area (Å²) in [7, 11) is 0. The van der Waals surface area contributed by atoms with Crippen LogP contribution in [0, 0.1) is 12.7 Å². The van der Waals surface area contributed by atoms with E-state index in [0.29, 0.717) is 31.0 Å². The molecule has 29 heavy (non-hydrogen) atoms. The summed E-state index contributed by atoms with van der Waals surface area (Å²) in [6, 6.07) is 7.06. The maximum Gasteiger partial charge on any atom is 0.414 e. The van der Waals surface area contributed by atoms with E-state index in [4.69, 9.17) is 10.6 Å². The number of hydrogen-bond acceptors (Lipinski definition) is 7. The van der Waals surface area contributed by atoms with Gasteiger partial charge in [-0.1, -0.05) is 6.07 Å². The molecule has 1 fully saturated rings. The molecule has 3 heterocycles. The summed E-state index contributed by atoms with van der Waals surface area (Å²) in [6.07, 6.45) is 3.62. The first-order valence-corrected chi connectivity index (χ1v) is 9.24. The summed E-state index contributed by atoms with van der Waals surface area (Å²) in [5.41, 5.74) is 3.85. The Labute approximate surface area is 167 Å². The van der Waals surface area contributed by atoms with Crippen LogP contribution in [0.4, 0.5) is 20.6 Å². The molecule has 2 aliphatic heterocycles. The van der Waals surface area contributed by atoms with Crippen LogP contribution < -0.4 is 15.6 Å². The van der Waals surface area contributed by atoms with E-state index in [0.717, 1.165) is 16.8 Å². The zero-order valence-corrected chi connectivity index (χ0v) is 16.0. The van der Waals surface area contributed by atoms with Crippen LogP contribution in [0.25, 0.3) is 0 Å². The largest absolute Gasteiger partial charge is 0.442 e. The number of aromatic nitrogens is 1. The quantitative estimate of drug-likeness (QED) is 0.476. The molecule has 1 saturated heterocycles. The zero-order valence-electron chi connectivity index (χ0n) is 16.0. The van der Waals surface area contributed by atoms with E-state index in [2.05, 4.69) is 15.1 Å². The first-order chi connectivity index (χ1) is 14.1. The molecule has 0 radical (unpaired) electrons. The number of nitrogens with two attached hydrogens (primary N) is 1. The van der Waals surface area contributed by atoms with Crippen molar-refractivity contribution in [2.45, 2.75) is 26.1 Å². The lowest BCUT2D eigenvalue weighted by Crippen LogP contribution is -2.26. The Hall–Kier alpha value is -3.49. The van der Waals surface area contributed by atoms with Crippen LogP contribution in [-0.4, -0.2) is 42.7 Å². The van der Waals surface area contributed by atoms with E-state index < -0.39 is 12.2 Å². The Morgan fingerprint density at radius 3 is 3.00 bits per heavy atom. The molecule has 0 saturated carbocycles. The van der Waals surface area contributed by atoms with Crippen LogP contribution in [0.2, 0.25) is 0 Å². The Kier molecular flexibility index (Phi) is 5.11. The number of aryl methyl sites for hydroxylation is 1. The van der Waals surface area contributed by atoms with Gasteiger partial charge in [0.25, 0.3) is 0 Å². The first-order valence-electron chi connectivity index (χ1n) is 9.24. The van der Waals surface area contributed by atoms with Gasteiger partial charge in [0.1, 0.15) is 11.9 Å². The van der Waals surface area contributed by atoms with Gasteiger partial charge in [-0.25, -0.2) is 9.18 Å². The van der Waals surface area contributed by atoms with Crippen LogP contribution >= 0.6 is 0 Å². The molecule has 8 nitrogen and oxygen atoms in total. The lowest BCUT2D eigenvalue weighted by Gasteiger charge is -2.22. The molecule has 0 aliphatic carbocycles. The maximum atomic E-state index is 15.0. The predicted molar refractivity (Wildman–Crippen MR) is 109 cm³/mol. The number of nitrogens with zero attached hydrogens (tertiary/aromatic N) is 5. The average molecular weight is 396 g/mol. The minimum absolute atomic E-state index is 0.285. The van der Waals surface area contributed by atoms with E-state index in [1.807, 2.05) is 24.0 Å². The number of anilines is 2. The van der Waals surface area contributed by atoms with Gasteiger partial charge in [0, 0.05) is 25.0 Å². The number of carbonyl (C=O) groups excluding carboxylic acids is 1. The molecule has 150 valence electrons. The molecular formula is C20H21FN6O2. The normalized spacial score (nSPS) is 18.8. The Bertz CT molecular complexity index is 968. The van der Waals surface area contributed by atoms with Crippen molar-refractivity contribution in [2.75, 3.05) is 22.9 Å². The topological polar surface area (TPSA) is 96.4 Å². The molecule has 0 spiro atoms. The first kappa shape index (κ1) is 18.9. The Morgan fingerprint density at radius 2 is 2.21 bits per heavy atom. The number of carbonyl (C=O) groups is 1. The van der Waals surface area contributed by atoms with Crippen LogP contribution in [-0.2, 0) is 17.8 Å². The third kappa shape index (κ3) is 3.75. The fourth-order valence-electron chi connectivity index (χ4n) is 3.64. The Balaban J connectivity index is 1.51. The highest BCUT2D eigenvalue weighted by Crippen LogP contribution is 2.34. The summed E-state index contributed by atoms with van der Waals surface area (Å²) in [4.78, 5) is 24.1. The molecule has 1 amide bonds. The number of cyclic esters (lactones) is 1. The van der Waals surface area contributed by atoms with E-state index >= 15 is 0 Å². The number of pyridine rings is 1. The minimum Gasteiger partial charge on any atom is -0.442 e. The number of fused-ring (bicyclic) bond motifs is 1. The molecule has 0 unspecified atom stereocenters. The fraction of sp³-hybridized carbons (Fsp3) is 0.300. The summed E-state index contributed by atoms with van der Waals surface area (Å²) < 4.78 is 20.3. The van der Waals surface area contributed by atoms with Gasteiger partial charge in [-0.15, -0.1) is 0 Å². The van der Waals surface area contributed by atoms with Crippen LogP contribution in [0.3, 0.4) is 0 Å². The third-order valence-electron chi connectivity index (χ3n) is 5.02. The number of hydrogen-bond donors (Lipinski definition) is 1. The lowest BCUT2D eigenvalue weighted by atomic mass is 10.1. The van der Waals surface area contributed by atoms with Crippen molar-refractivity contribution in [3.05, 3.63) is 53.1 Å². The van der Waals surface area contributed by atoms with Crippen molar-refractivity contribution in [1.29, 1.82) is 0 Å². The number of benzene rings is 1. The smallest absolute Gasteiger partial charge is 0.414 e. The number of aliphatic imine (C=N–C) groups is 1. The minimum atomic E-state index is -0.509. The second-order valence-electron chi connectivity index (χ2n) is 6.98. The van der Waals surface area contributed by atoms with Gasteiger partial charge in [0.2, 0.25) is 0 Å². The number of halogens is 1. The summed E-state index contributed by atoms with van der Waals surface area (Å²) >= 11 is 0. The van der Waals surface area contributed by atoms with Crippen LogP contribution in [0.5, 0.6) is 0 Å².